The van der Waals surface area contributed by atoms with Crippen LogP contribution in [0.3, 0.4) is 0 Å². The van der Waals surface area contributed by atoms with E-state index < -0.39 is 21.1 Å². The molecule has 3 aromatic rings. The van der Waals surface area contributed by atoms with Gasteiger partial charge in [0.1, 0.15) is 5.76 Å². The van der Waals surface area contributed by atoms with Crippen molar-refractivity contribution in [2.45, 2.75) is 5.09 Å². The molecule has 0 aliphatic rings. The molecule has 0 unspecified atom stereocenters. The predicted molar refractivity (Wildman–Crippen MR) is 94.8 cm³/mol. The maximum Gasteiger partial charge on any atom is 1.00 e. The zero-order chi connectivity index (χ0) is 18.6. The second-order valence-corrected chi connectivity index (χ2v) is 6.59. The minimum absolute atomic E-state index is 0. The summed E-state index contributed by atoms with van der Waals surface area (Å²) in [7, 11) is -4.66. The van der Waals surface area contributed by atoms with E-state index in [1.165, 1.54) is 6.07 Å². The molecule has 0 saturated heterocycles. The molecule has 0 bridgehead atoms. The molecule has 1 aromatic heterocycles. The Balaban J connectivity index is 0.00000261. The second-order valence-electron chi connectivity index (χ2n) is 5.28. The molecule has 0 radical (unpaired) electrons. The Morgan fingerprint density at radius 3 is 2.59 bits per heavy atom. The number of carbonyl (C=O) groups is 1. The zero-order valence-electron chi connectivity index (χ0n) is 14.4. The minimum atomic E-state index is -4.66. The van der Waals surface area contributed by atoms with Crippen molar-refractivity contribution in [3.8, 4) is 0 Å². The summed E-state index contributed by atoms with van der Waals surface area (Å²) in [5.74, 6) is -0.376. The largest absolute Gasteiger partial charge is 1.00 e. The number of carbonyl (C=O) groups excluding carboxylic acids is 1. The molecule has 0 aliphatic heterocycles. The van der Waals surface area contributed by atoms with Crippen LogP contribution >= 0.6 is 0 Å². The van der Waals surface area contributed by atoms with Crippen LogP contribution in [0.5, 0.6) is 0 Å². The molecular weight excluding hydrogens is 381 g/mol. The topological polar surface area (TPSA) is 124 Å². The monoisotopic (exact) mass is 395 g/mol. The van der Waals surface area contributed by atoms with Crippen LogP contribution in [0.25, 0.3) is 10.8 Å². The Labute approximate surface area is 177 Å². The first-order valence-corrected chi connectivity index (χ1v) is 8.93. The van der Waals surface area contributed by atoms with E-state index in [4.69, 9.17) is 4.42 Å². The Hall–Kier alpha value is -2.17. The maximum absolute atomic E-state index is 11.8. The molecule has 1 amide bonds. The summed E-state index contributed by atoms with van der Waals surface area (Å²) in [6, 6.07) is 15.8. The molecule has 0 aliphatic carbocycles. The molecule has 8 nitrogen and oxygen atoms in total. The van der Waals surface area contributed by atoms with E-state index in [1.807, 2.05) is 42.5 Å². The number of anilines is 1. The van der Waals surface area contributed by atoms with Gasteiger partial charge < -0.3 is 14.3 Å². The number of benzene rings is 2. The van der Waals surface area contributed by atoms with Gasteiger partial charge in [-0.15, -0.1) is 0 Å². The van der Waals surface area contributed by atoms with Gasteiger partial charge in [-0.3, -0.25) is 4.79 Å². The van der Waals surface area contributed by atoms with Gasteiger partial charge in [-0.25, -0.2) is 13.8 Å². The van der Waals surface area contributed by atoms with E-state index in [9.17, 15) is 17.8 Å². The van der Waals surface area contributed by atoms with Crippen molar-refractivity contribution in [3.63, 3.8) is 0 Å². The number of hydrogen-bond donors (Lipinski definition) is 2. The van der Waals surface area contributed by atoms with E-state index in [1.54, 1.807) is 0 Å². The summed E-state index contributed by atoms with van der Waals surface area (Å²) < 4.78 is 37.1. The number of nitrogens with zero attached hydrogens (tertiary/aromatic N) is 1. The van der Waals surface area contributed by atoms with Crippen molar-refractivity contribution in [1.82, 2.24) is 5.43 Å². The predicted octanol–water partition coefficient (Wildman–Crippen LogP) is -1.10. The number of rotatable bonds is 6. The fourth-order valence-electron chi connectivity index (χ4n) is 2.30. The average molecular weight is 395 g/mol. The van der Waals surface area contributed by atoms with Gasteiger partial charge in [0, 0.05) is 11.1 Å². The molecular formula is C17H14N3NaO5S. The normalized spacial score (nSPS) is 11.3. The summed E-state index contributed by atoms with van der Waals surface area (Å²) in [5.41, 5.74) is 3.10. The van der Waals surface area contributed by atoms with Gasteiger partial charge in [0.05, 0.1) is 12.8 Å². The number of furan rings is 1. The van der Waals surface area contributed by atoms with Crippen molar-refractivity contribution in [2.24, 2.45) is 5.10 Å². The molecule has 1 heterocycles. The van der Waals surface area contributed by atoms with Crippen LogP contribution in [0.1, 0.15) is 5.76 Å². The van der Waals surface area contributed by atoms with Crippen molar-refractivity contribution in [2.75, 3.05) is 11.9 Å². The van der Waals surface area contributed by atoms with Crippen LogP contribution in [0.4, 0.5) is 5.69 Å². The van der Waals surface area contributed by atoms with Gasteiger partial charge in [0.15, 0.2) is 10.1 Å². The first-order valence-electron chi connectivity index (χ1n) is 7.53. The Morgan fingerprint density at radius 2 is 1.85 bits per heavy atom. The third-order valence-electron chi connectivity index (χ3n) is 3.46. The Morgan fingerprint density at radius 1 is 1.11 bits per heavy atom. The van der Waals surface area contributed by atoms with Crippen molar-refractivity contribution in [3.05, 3.63) is 60.4 Å². The molecule has 0 spiro atoms. The molecule has 0 saturated carbocycles. The van der Waals surface area contributed by atoms with Crippen LogP contribution in [0.2, 0.25) is 0 Å². The summed E-state index contributed by atoms with van der Waals surface area (Å²) in [4.78, 5) is 11.8. The molecule has 3 rings (SSSR count). The molecule has 0 fully saturated rings. The standard InChI is InChI=1S/C17H15N3O5S.Na/c21-16(20-19-10-13-8-9-17(25-13)26(22,23)24)11-18-15-7-3-5-12-4-1-2-6-14(12)15;/h1-10,18H,11H2,(H,20,21)(H,22,23,24);/q;+1/p-1/b19-10+;. The maximum atomic E-state index is 11.8. The Bertz CT molecular complexity index is 1070. The molecule has 0 atom stereocenters. The van der Waals surface area contributed by atoms with Gasteiger partial charge in [-0.05, 0) is 23.6 Å². The smallest absolute Gasteiger partial charge is 0.742 e. The summed E-state index contributed by atoms with van der Waals surface area (Å²) in [6.07, 6.45) is 1.10. The fourth-order valence-corrected chi connectivity index (χ4v) is 2.73. The fraction of sp³-hybridized carbons (Fsp3) is 0.0588. The summed E-state index contributed by atoms with van der Waals surface area (Å²) >= 11 is 0. The van der Waals surface area contributed by atoms with Crippen LogP contribution in [-0.2, 0) is 14.9 Å². The van der Waals surface area contributed by atoms with E-state index in [2.05, 4.69) is 15.8 Å². The third-order valence-corrected chi connectivity index (χ3v) is 4.17. The van der Waals surface area contributed by atoms with E-state index in [-0.39, 0.29) is 41.9 Å². The van der Waals surface area contributed by atoms with Crippen molar-refractivity contribution in [1.29, 1.82) is 0 Å². The number of hydrogen-bond acceptors (Lipinski definition) is 7. The van der Waals surface area contributed by atoms with Gasteiger partial charge >= 0.3 is 29.6 Å². The van der Waals surface area contributed by atoms with Gasteiger partial charge in [0.2, 0.25) is 5.09 Å². The molecule has 2 aromatic carbocycles. The van der Waals surface area contributed by atoms with Gasteiger partial charge in [-0.2, -0.15) is 5.10 Å². The number of amides is 1. The zero-order valence-corrected chi connectivity index (χ0v) is 17.2. The first-order chi connectivity index (χ1) is 12.4. The molecule has 10 heteroatoms. The van der Waals surface area contributed by atoms with Crippen molar-refractivity contribution < 1.29 is 51.7 Å². The minimum Gasteiger partial charge on any atom is -0.742 e. The SMILES string of the molecule is O=C(CNc1cccc2ccccc12)N/N=C/c1ccc(S(=O)(=O)[O-])o1.[Na+]. The van der Waals surface area contributed by atoms with Gasteiger partial charge in [0.25, 0.3) is 5.91 Å². The quantitative estimate of drug-likeness (QED) is 0.236. The van der Waals surface area contributed by atoms with Gasteiger partial charge in [-0.1, -0.05) is 36.4 Å². The average Bonchev–Trinajstić information content (AvgIpc) is 3.09. The van der Waals surface area contributed by atoms with Crippen LogP contribution in [0, 0.1) is 0 Å². The van der Waals surface area contributed by atoms with Crippen molar-refractivity contribution >= 4 is 38.7 Å². The Kier molecular flexibility index (Phi) is 7.17. The van der Waals surface area contributed by atoms with Crippen LogP contribution < -0.4 is 40.3 Å². The second kappa shape index (κ2) is 9.16. The summed E-state index contributed by atoms with van der Waals surface area (Å²) in [6.45, 7) is -0.0102. The number of hydrazone groups is 1. The van der Waals surface area contributed by atoms with E-state index >= 15 is 0 Å². The number of nitrogens with one attached hydrogen (secondary N) is 2. The molecule has 2 N–H and O–H groups in total. The molecule has 134 valence electrons. The summed E-state index contributed by atoms with van der Waals surface area (Å²) in [5, 5.41) is 8.03. The van der Waals surface area contributed by atoms with Crippen LogP contribution in [-0.4, -0.2) is 31.6 Å². The number of fused-ring (bicyclic) bond motifs is 1. The van der Waals surface area contributed by atoms with E-state index in [0.717, 1.165) is 28.7 Å². The molecule has 27 heavy (non-hydrogen) atoms. The van der Waals surface area contributed by atoms with E-state index in [0.29, 0.717) is 0 Å². The van der Waals surface area contributed by atoms with Crippen LogP contribution in [0.15, 0.2) is 69.2 Å². The first kappa shape index (κ1) is 21.1. The third kappa shape index (κ3) is 5.65.